The first-order valence-corrected chi connectivity index (χ1v) is 9.52. The molecular weight excluding hydrogens is 352 g/mol. The van der Waals surface area contributed by atoms with Crippen molar-refractivity contribution in [1.29, 1.82) is 0 Å². The molecule has 3 aromatic carbocycles. The number of hydrogen-bond acceptors (Lipinski definition) is 3. The van der Waals surface area contributed by atoms with Crippen LogP contribution in [-0.2, 0) is 4.74 Å². The van der Waals surface area contributed by atoms with Crippen LogP contribution < -0.4 is 0 Å². The summed E-state index contributed by atoms with van der Waals surface area (Å²) >= 11 is 1.49. The van der Waals surface area contributed by atoms with E-state index in [-0.39, 0.29) is 5.97 Å². The molecule has 0 aliphatic rings. The van der Waals surface area contributed by atoms with Crippen LogP contribution >= 0.6 is 11.3 Å². The number of benzene rings is 3. The van der Waals surface area contributed by atoms with Gasteiger partial charge in [-0.15, -0.1) is 11.3 Å². The molecule has 132 valence electrons. The third kappa shape index (κ3) is 3.29. The standard InChI is InChI=1S/C24H18O2S/c1-26-24(25)23-21(18-13-7-3-8-14-18)20(17-11-5-2-6-12-17)22(27-23)19-15-9-4-10-16-19/h2-16H,1H3. The van der Waals surface area contributed by atoms with Crippen LogP contribution in [0.15, 0.2) is 91.0 Å². The molecule has 4 rings (SSSR count). The van der Waals surface area contributed by atoms with Crippen molar-refractivity contribution >= 4 is 17.3 Å². The molecule has 0 saturated heterocycles. The summed E-state index contributed by atoms with van der Waals surface area (Å²) in [5, 5.41) is 0. The summed E-state index contributed by atoms with van der Waals surface area (Å²) < 4.78 is 5.11. The average molecular weight is 370 g/mol. The predicted molar refractivity (Wildman–Crippen MR) is 112 cm³/mol. The third-order valence-electron chi connectivity index (χ3n) is 4.44. The van der Waals surface area contributed by atoms with Crippen molar-refractivity contribution < 1.29 is 9.53 Å². The van der Waals surface area contributed by atoms with E-state index in [1.165, 1.54) is 18.4 Å². The second-order valence-electron chi connectivity index (χ2n) is 6.10. The molecule has 0 radical (unpaired) electrons. The molecular formula is C24H18O2S. The first-order valence-electron chi connectivity index (χ1n) is 8.71. The van der Waals surface area contributed by atoms with Gasteiger partial charge in [0.1, 0.15) is 4.88 Å². The van der Waals surface area contributed by atoms with Crippen LogP contribution in [0.5, 0.6) is 0 Å². The van der Waals surface area contributed by atoms with Gasteiger partial charge in [-0.25, -0.2) is 4.79 Å². The van der Waals surface area contributed by atoms with Crippen molar-refractivity contribution in [3.8, 4) is 32.7 Å². The Morgan fingerprint density at radius 3 is 1.59 bits per heavy atom. The van der Waals surface area contributed by atoms with Gasteiger partial charge in [0, 0.05) is 16.0 Å². The van der Waals surface area contributed by atoms with Gasteiger partial charge in [-0.05, 0) is 16.7 Å². The SMILES string of the molecule is COC(=O)c1sc(-c2ccccc2)c(-c2ccccc2)c1-c1ccccc1. The quantitative estimate of drug-likeness (QED) is 0.381. The molecule has 0 spiro atoms. The normalized spacial score (nSPS) is 10.6. The van der Waals surface area contributed by atoms with E-state index < -0.39 is 0 Å². The van der Waals surface area contributed by atoms with Crippen molar-refractivity contribution in [2.24, 2.45) is 0 Å². The summed E-state index contributed by atoms with van der Waals surface area (Å²) in [6.45, 7) is 0. The summed E-state index contributed by atoms with van der Waals surface area (Å²) in [7, 11) is 1.43. The van der Waals surface area contributed by atoms with Gasteiger partial charge in [-0.2, -0.15) is 0 Å². The minimum absolute atomic E-state index is 0.307. The van der Waals surface area contributed by atoms with Crippen molar-refractivity contribution in [2.45, 2.75) is 0 Å². The summed E-state index contributed by atoms with van der Waals surface area (Å²) in [4.78, 5) is 14.3. The molecule has 1 heterocycles. The summed E-state index contributed by atoms with van der Waals surface area (Å²) in [5.41, 5.74) is 5.18. The Labute approximate surface area is 162 Å². The van der Waals surface area contributed by atoms with Gasteiger partial charge in [0.05, 0.1) is 7.11 Å². The fourth-order valence-electron chi connectivity index (χ4n) is 3.22. The van der Waals surface area contributed by atoms with Crippen LogP contribution in [0.25, 0.3) is 32.7 Å². The maximum Gasteiger partial charge on any atom is 0.348 e. The Hall–Kier alpha value is -3.17. The van der Waals surface area contributed by atoms with Crippen molar-refractivity contribution in [1.82, 2.24) is 0 Å². The van der Waals surface area contributed by atoms with E-state index in [2.05, 4.69) is 24.3 Å². The maximum atomic E-state index is 12.6. The van der Waals surface area contributed by atoms with Gasteiger partial charge < -0.3 is 4.74 Å². The molecule has 4 aromatic rings. The molecule has 0 N–H and O–H groups in total. The Balaban J connectivity index is 2.09. The second-order valence-corrected chi connectivity index (χ2v) is 7.12. The first-order chi connectivity index (χ1) is 13.3. The highest BCUT2D eigenvalue weighted by atomic mass is 32.1. The molecule has 0 unspecified atom stereocenters. The van der Waals surface area contributed by atoms with E-state index in [1.54, 1.807) is 0 Å². The van der Waals surface area contributed by atoms with Crippen molar-refractivity contribution in [3.05, 3.63) is 95.9 Å². The van der Waals surface area contributed by atoms with Gasteiger partial charge in [-0.3, -0.25) is 0 Å². The monoisotopic (exact) mass is 370 g/mol. The molecule has 0 amide bonds. The molecule has 0 bridgehead atoms. The van der Waals surface area contributed by atoms with E-state index in [4.69, 9.17) is 4.74 Å². The van der Waals surface area contributed by atoms with Gasteiger partial charge >= 0.3 is 5.97 Å². The maximum absolute atomic E-state index is 12.6. The Morgan fingerprint density at radius 1 is 0.667 bits per heavy atom. The summed E-state index contributed by atoms with van der Waals surface area (Å²) in [6.07, 6.45) is 0. The fourth-order valence-corrected chi connectivity index (χ4v) is 4.49. The molecule has 0 saturated carbocycles. The Morgan fingerprint density at radius 2 is 1.11 bits per heavy atom. The number of ether oxygens (including phenoxy) is 1. The van der Waals surface area contributed by atoms with E-state index in [1.807, 2.05) is 66.7 Å². The summed E-state index contributed by atoms with van der Waals surface area (Å²) in [6, 6.07) is 30.4. The minimum Gasteiger partial charge on any atom is -0.465 e. The molecule has 0 atom stereocenters. The molecule has 0 aliphatic heterocycles. The smallest absolute Gasteiger partial charge is 0.348 e. The highest BCUT2D eigenvalue weighted by Crippen LogP contribution is 2.48. The summed E-state index contributed by atoms with van der Waals surface area (Å²) in [5.74, 6) is -0.307. The number of hydrogen-bond donors (Lipinski definition) is 0. The van der Waals surface area contributed by atoms with Crippen LogP contribution in [0.1, 0.15) is 9.67 Å². The topological polar surface area (TPSA) is 26.3 Å². The van der Waals surface area contributed by atoms with Crippen LogP contribution in [0, 0.1) is 0 Å². The van der Waals surface area contributed by atoms with Crippen LogP contribution in [-0.4, -0.2) is 13.1 Å². The zero-order valence-electron chi connectivity index (χ0n) is 14.9. The van der Waals surface area contributed by atoms with E-state index in [0.717, 1.165) is 32.7 Å². The van der Waals surface area contributed by atoms with Gasteiger partial charge in [0.2, 0.25) is 0 Å². The second kappa shape index (κ2) is 7.60. The fraction of sp³-hybridized carbons (Fsp3) is 0.0417. The lowest BCUT2D eigenvalue weighted by atomic mass is 9.93. The van der Waals surface area contributed by atoms with Gasteiger partial charge in [0.25, 0.3) is 0 Å². The average Bonchev–Trinajstić information content (AvgIpc) is 3.16. The number of thiophene rings is 1. The Bertz CT molecular complexity index is 1050. The number of carbonyl (C=O) groups is 1. The van der Waals surface area contributed by atoms with Crippen LogP contribution in [0.4, 0.5) is 0 Å². The zero-order valence-corrected chi connectivity index (χ0v) is 15.7. The van der Waals surface area contributed by atoms with Gasteiger partial charge in [0.15, 0.2) is 0 Å². The van der Waals surface area contributed by atoms with Gasteiger partial charge in [-0.1, -0.05) is 91.0 Å². The third-order valence-corrected chi connectivity index (χ3v) is 5.66. The number of rotatable bonds is 4. The van der Waals surface area contributed by atoms with E-state index in [9.17, 15) is 4.79 Å². The highest BCUT2D eigenvalue weighted by Gasteiger charge is 2.26. The molecule has 1 aromatic heterocycles. The lowest BCUT2D eigenvalue weighted by molar-refractivity contribution is 0.0607. The van der Waals surface area contributed by atoms with E-state index >= 15 is 0 Å². The number of carbonyl (C=O) groups excluding carboxylic acids is 1. The van der Waals surface area contributed by atoms with Crippen molar-refractivity contribution in [2.75, 3.05) is 7.11 Å². The largest absolute Gasteiger partial charge is 0.465 e. The minimum atomic E-state index is -0.307. The van der Waals surface area contributed by atoms with E-state index in [0.29, 0.717) is 4.88 Å². The molecule has 0 aliphatic carbocycles. The number of esters is 1. The Kier molecular flexibility index (Phi) is 4.86. The van der Waals surface area contributed by atoms with Crippen LogP contribution in [0.3, 0.4) is 0 Å². The number of methoxy groups -OCH3 is 1. The van der Waals surface area contributed by atoms with Crippen molar-refractivity contribution in [3.63, 3.8) is 0 Å². The molecule has 27 heavy (non-hydrogen) atoms. The zero-order chi connectivity index (χ0) is 18.6. The lowest BCUT2D eigenvalue weighted by Gasteiger charge is -2.10. The lowest BCUT2D eigenvalue weighted by Crippen LogP contribution is -2.00. The molecule has 0 fully saturated rings. The molecule has 3 heteroatoms. The predicted octanol–water partition coefficient (Wildman–Crippen LogP) is 6.54. The van der Waals surface area contributed by atoms with Crippen LogP contribution in [0.2, 0.25) is 0 Å². The molecule has 2 nitrogen and oxygen atoms in total. The highest BCUT2D eigenvalue weighted by molar-refractivity contribution is 7.18. The first kappa shape index (κ1) is 17.3.